The van der Waals surface area contributed by atoms with Crippen LogP contribution >= 0.6 is 0 Å². The summed E-state index contributed by atoms with van der Waals surface area (Å²) in [5.41, 5.74) is 14.1. The molecule has 2 fully saturated rings. The third-order valence-corrected chi connectivity index (χ3v) is 19.8. The summed E-state index contributed by atoms with van der Waals surface area (Å²) in [6.45, 7) is 2.13. The molecule has 304 valence electrons. The van der Waals surface area contributed by atoms with Crippen LogP contribution in [0.4, 0.5) is 0 Å². The van der Waals surface area contributed by atoms with E-state index in [0.29, 0.717) is 42.8 Å². The lowest BCUT2D eigenvalue weighted by Gasteiger charge is -2.53. The highest BCUT2D eigenvalue weighted by Gasteiger charge is 2.68. The highest BCUT2D eigenvalue weighted by Crippen LogP contribution is 2.76. The Morgan fingerprint density at radius 1 is 0.554 bits per heavy atom. The van der Waals surface area contributed by atoms with Gasteiger partial charge in [-0.3, -0.25) is 4.90 Å². The predicted octanol–water partition coefficient (Wildman–Crippen LogP) is 13.2. The topological polar surface area (TPSA) is 21.7 Å². The first-order valence-electron chi connectivity index (χ1n) is 24.4. The van der Waals surface area contributed by atoms with Crippen LogP contribution in [0.5, 0.6) is 11.5 Å². The highest BCUT2D eigenvalue weighted by atomic mass is 16.5. The number of nitrogens with zero attached hydrogens (tertiary/aromatic N) is 1. The Hall–Kier alpha value is -6.68. The van der Waals surface area contributed by atoms with E-state index in [1.165, 1.54) is 39.9 Å². The average Bonchev–Trinajstić information content (AvgIpc) is 4.19. The molecule has 13 aromatic carbocycles. The van der Waals surface area contributed by atoms with Crippen LogP contribution in [0, 0.1) is 17.8 Å². The number of hydrogen-bond acceptors (Lipinski definition) is 3. The molecule has 0 aromatic heterocycles. The second-order valence-corrected chi connectivity index (χ2v) is 22.1. The molecule has 3 nitrogen and oxygen atoms in total. The zero-order valence-corrected chi connectivity index (χ0v) is 35.9. The van der Waals surface area contributed by atoms with Gasteiger partial charge in [0.2, 0.25) is 0 Å². The van der Waals surface area contributed by atoms with Gasteiger partial charge in [-0.1, -0.05) is 78.9 Å². The molecule has 1 saturated heterocycles. The van der Waals surface area contributed by atoms with Crippen LogP contribution in [0.25, 0.3) is 103 Å². The second-order valence-electron chi connectivity index (χ2n) is 22.1. The lowest BCUT2D eigenvalue weighted by atomic mass is 9.49. The van der Waals surface area contributed by atoms with Crippen molar-refractivity contribution in [2.75, 3.05) is 13.6 Å². The number of likely N-dealkylation sites (N-methyl/N-ethyl adjacent to an activating group) is 1. The van der Waals surface area contributed by atoms with Crippen molar-refractivity contribution in [3.8, 4) is 11.5 Å². The third kappa shape index (κ3) is 3.06. The van der Waals surface area contributed by atoms with Crippen LogP contribution in [0.1, 0.15) is 68.8 Å². The number of likely N-dealkylation sites (tertiary alicyclic amines) is 1. The number of ether oxygens (including phenoxy) is 2. The summed E-state index contributed by atoms with van der Waals surface area (Å²) in [6, 6.07) is 41.6. The molecule has 7 unspecified atom stereocenters. The molecule has 0 radical (unpaired) electrons. The van der Waals surface area contributed by atoms with Crippen molar-refractivity contribution in [1.29, 1.82) is 0 Å². The maximum atomic E-state index is 6.88. The van der Waals surface area contributed by atoms with Gasteiger partial charge in [0.05, 0.1) is 0 Å². The van der Waals surface area contributed by atoms with Gasteiger partial charge in [0, 0.05) is 29.8 Å². The van der Waals surface area contributed by atoms with Gasteiger partial charge < -0.3 is 9.47 Å². The van der Waals surface area contributed by atoms with Gasteiger partial charge in [-0.05, 0) is 227 Å². The molecule has 3 heteroatoms. The van der Waals surface area contributed by atoms with Crippen LogP contribution in [-0.2, 0) is 31.5 Å². The van der Waals surface area contributed by atoms with Gasteiger partial charge in [-0.15, -0.1) is 0 Å². The number of hydrogen-bond donors (Lipinski definition) is 0. The summed E-state index contributed by atoms with van der Waals surface area (Å²) in [4.78, 5) is 2.80. The first-order chi connectivity index (χ1) is 32.1. The Bertz CT molecular complexity index is 4420. The van der Waals surface area contributed by atoms with Crippen molar-refractivity contribution in [2.24, 2.45) is 17.8 Å². The van der Waals surface area contributed by atoms with Gasteiger partial charge in [0.15, 0.2) is 11.5 Å². The van der Waals surface area contributed by atoms with E-state index < -0.39 is 0 Å². The molecular formula is C62H39NO2. The molecule has 7 aliphatic rings. The Balaban J connectivity index is 0.910. The fraction of sp³-hybridized carbons (Fsp3) is 0.226. The number of benzene rings is 10. The quantitative estimate of drug-likeness (QED) is 0.149. The maximum absolute atomic E-state index is 6.88. The first kappa shape index (κ1) is 32.1. The summed E-state index contributed by atoms with van der Waals surface area (Å²) in [6.07, 6.45) is 3.67. The minimum absolute atomic E-state index is 0.0472. The highest BCUT2D eigenvalue weighted by molar-refractivity contribution is 6.59. The van der Waals surface area contributed by atoms with E-state index in [0.717, 1.165) is 35.6 Å². The fourth-order valence-corrected chi connectivity index (χ4v) is 18.4. The normalized spacial score (nSPS) is 26.7. The Morgan fingerprint density at radius 2 is 1.17 bits per heavy atom. The summed E-state index contributed by atoms with van der Waals surface area (Å²) >= 11 is 0. The molecule has 65 heavy (non-hydrogen) atoms. The van der Waals surface area contributed by atoms with Crippen molar-refractivity contribution in [3.05, 3.63) is 159 Å². The minimum atomic E-state index is -0.0472. The van der Waals surface area contributed by atoms with E-state index in [9.17, 15) is 0 Å². The van der Waals surface area contributed by atoms with Gasteiger partial charge in [0.25, 0.3) is 0 Å². The molecule has 0 bridgehead atoms. The number of fused-ring (bicyclic) bond motifs is 1. The zero-order chi connectivity index (χ0) is 41.2. The van der Waals surface area contributed by atoms with Crippen molar-refractivity contribution < 1.29 is 9.47 Å². The lowest BCUT2D eigenvalue weighted by Crippen LogP contribution is -2.48. The average molecular weight is 830 g/mol. The summed E-state index contributed by atoms with van der Waals surface area (Å²) in [5, 5.41) is 30.3. The summed E-state index contributed by atoms with van der Waals surface area (Å²) < 4.78 is 13.6. The fourth-order valence-electron chi connectivity index (χ4n) is 18.4. The molecule has 7 atom stereocenters. The SMILES string of the molecule is CN1CC2C3CC4Cc5cc6cc7cc8cc9cc%10c%11c(c%12c%13c%14c%15c(c5C4C=%14C%123)c6c3c7c8c4c9c%11c%13c4c%153)C2(C%10)C1c1ccc(OCc2ccccc2)c(OCc2ccccc2)c1. The van der Waals surface area contributed by atoms with Gasteiger partial charge in [-0.2, -0.15) is 0 Å². The summed E-state index contributed by atoms with van der Waals surface area (Å²) in [5.74, 6) is 4.60. The van der Waals surface area contributed by atoms with Crippen LogP contribution < -0.4 is 14.7 Å². The Kier molecular flexibility index (Phi) is 4.82. The lowest BCUT2D eigenvalue weighted by molar-refractivity contribution is 0.138. The second kappa shape index (κ2) is 9.78. The Labute approximate surface area is 372 Å². The summed E-state index contributed by atoms with van der Waals surface area (Å²) in [7, 11) is 2.46. The molecule has 1 spiro atoms. The van der Waals surface area contributed by atoms with E-state index in [1.807, 2.05) is 5.57 Å². The maximum Gasteiger partial charge on any atom is 0.162 e. The molecule has 0 N–H and O–H groups in total. The zero-order valence-electron chi connectivity index (χ0n) is 35.9. The molecule has 13 aromatic rings. The van der Waals surface area contributed by atoms with E-state index in [4.69, 9.17) is 9.47 Å². The van der Waals surface area contributed by atoms with Gasteiger partial charge >= 0.3 is 0 Å². The predicted molar refractivity (Wildman–Crippen MR) is 263 cm³/mol. The molecule has 0 amide bonds. The van der Waals surface area contributed by atoms with Crippen molar-refractivity contribution in [2.45, 2.75) is 55.8 Å². The molecular weight excluding hydrogens is 791 g/mol. The van der Waals surface area contributed by atoms with E-state index in [-0.39, 0.29) is 11.5 Å². The van der Waals surface area contributed by atoms with Crippen LogP contribution in [0.2, 0.25) is 0 Å². The minimum Gasteiger partial charge on any atom is -0.485 e. The van der Waals surface area contributed by atoms with E-state index in [1.54, 1.807) is 108 Å². The smallest absolute Gasteiger partial charge is 0.162 e. The van der Waals surface area contributed by atoms with Gasteiger partial charge in [0.1, 0.15) is 13.2 Å². The van der Waals surface area contributed by atoms with Crippen molar-refractivity contribution in [3.63, 3.8) is 0 Å². The molecule has 6 aliphatic carbocycles. The molecule has 1 heterocycles. The standard InChI is InChI=1S/C62H39NO2/c1-63-23-37-36-20-34-18-31-16-32-15-29-14-30-17-33-19-35-22-62(37,61(63)28-12-13-38(64-24-26-8-4-2-5-9-26)39(21-28)65-25-27-10-6-3-7-11-27)60-46(35)51-45(33)50-41(30)40(29)48-44(32)49-42(31)43(34)52-47(36)59(60)58-56(51)54(50)53(48)55(49)57(52)58/h2-17,19,21,34,36-37,43,47,61H,18,20,22-25H2,1H3. The van der Waals surface area contributed by atoms with E-state index >= 15 is 0 Å². The third-order valence-electron chi connectivity index (χ3n) is 19.8. The number of rotatable bonds is 7. The van der Waals surface area contributed by atoms with Crippen molar-refractivity contribution in [1.82, 2.24) is 4.90 Å². The van der Waals surface area contributed by atoms with E-state index in [2.05, 4.69) is 121 Å². The molecule has 20 rings (SSSR count). The Morgan fingerprint density at radius 3 is 1.92 bits per heavy atom. The molecule has 1 saturated carbocycles. The van der Waals surface area contributed by atoms with Crippen LogP contribution in [0.3, 0.4) is 0 Å². The first-order valence-corrected chi connectivity index (χ1v) is 24.4. The monoisotopic (exact) mass is 829 g/mol. The van der Waals surface area contributed by atoms with Crippen molar-refractivity contribution >= 4 is 103 Å². The van der Waals surface area contributed by atoms with Gasteiger partial charge in [-0.25, -0.2) is 0 Å². The largest absolute Gasteiger partial charge is 0.485 e. The molecule has 1 aliphatic heterocycles. The van der Waals surface area contributed by atoms with Crippen LogP contribution in [-0.4, -0.2) is 18.5 Å². The van der Waals surface area contributed by atoms with Crippen LogP contribution in [0.15, 0.2) is 109 Å².